The van der Waals surface area contributed by atoms with E-state index in [0.717, 1.165) is 18.0 Å². The van der Waals surface area contributed by atoms with Crippen molar-refractivity contribution in [2.75, 3.05) is 18.2 Å². The highest BCUT2D eigenvalue weighted by atomic mass is 32.2. The number of hydrogen-bond donors (Lipinski definition) is 2. The Hall–Kier alpha value is -3.44. The van der Waals surface area contributed by atoms with Gasteiger partial charge in [-0.3, -0.25) is 14.4 Å². The minimum atomic E-state index is -4.07. The van der Waals surface area contributed by atoms with Crippen molar-refractivity contribution >= 4 is 39.0 Å². The lowest BCUT2D eigenvalue weighted by molar-refractivity contribution is -0.113. The van der Waals surface area contributed by atoms with Crippen molar-refractivity contribution in [2.24, 2.45) is 0 Å². The first-order valence-corrected chi connectivity index (χ1v) is 11.7. The molecule has 9 nitrogen and oxygen atoms in total. The Morgan fingerprint density at radius 3 is 2.50 bits per heavy atom. The molecule has 0 saturated carbocycles. The molecule has 32 heavy (non-hydrogen) atoms. The highest BCUT2D eigenvalue weighted by Crippen LogP contribution is 2.21. The van der Waals surface area contributed by atoms with Gasteiger partial charge in [-0.05, 0) is 43.3 Å². The van der Waals surface area contributed by atoms with Crippen molar-refractivity contribution < 1.29 is 22.7 Å². The van der Waals surface area contributed by atoms with Crippen molar-refractivity contribution in [3.05, 3.63) is 70.6 Å². The van der Waals surface area contributed by atoms with E-state index in [-0.39, 0.29) is 27.5 Å². The maximum absolute atomic E-state index is 12.7. The van der Waals surface area contributed by atoms with Gasteiger partial charge in [-0.15, -0.1) is 0 Å². The third kappa shape index (κ3) is 5.42. The maximum atomic E-state index is 12.7. The monoisotopic (exact) mass is 473 g/mol. The largest absolute Gasteiger partial charge is 0.497 e. The number of anilines is 1. The Bertz CT molecular complexity index is 1320. The van der Waals surface area contributed by atoms with Crippen molar-refractivity contribution in [3.8, 4) is 5.75 Å². The van der Waals surface area contributed by atoms with Crippen LogP contribution < -0.4 is 15.6 Å². The van der Waals surface area contributed by atoms with E-state index >= 15 is 0 Å². The van der Waals surface area contributed by atoms with Crippen LogP contribution >= 0.6 is 11.8 Å². The Balaban J connectivity index is 1.68. The Labute approximate surface area is 188 Å². The zero-order valence-electron chi connectivity index (χ0n) is 17.1. The highest BCUT2D eigenvalue weighted by Gasteiger charge is 2.22. The number of benzene rings is 2. The minimum absolute atomic E-state index is 0.0711. The van der Waals surface area contributed by atoms with Crippen LogP contribution in [0, 0.1) is 0 Å². The number of H-pyrrole nitrogens is 1. The van der Waals surface area contributed by atoms with Crippen LogP contribution in [0.3, 0.4) is 0 Å². The first kappa shape index (κ1) is 23.2. The summed E-state index contributed by atoms with van der Waals surface area (Å²) in [6, 6.07) is 12.1. The van der Waals surface area contributed by atoms with E-state index in [1.807, 2.05) is 0 Å². The molecule has 2 aromatic carbocycles. The van der Waals surface area contributed by atoms with Gasteiger partial charge in [-0.2, -0.15) is 0 Å². The fourth-order valence-electron chi connectivity index (χ4n) is 2.66. The first-order chi connectivity index (χ1) is 15.2. The smallest absolute Gasteiger partial charge is 0.270 e. The van der Waals surface area contributed by atoms with Gasteiger partial charge >= 0.3 is 0 Å². The number of aromatic amines is 1. The number of ketones is 1. The molecule has 0 aliphatic carbocycles. The van der Waals surface area contributed by atoms with Gasteiger partial charge in [0.15, 0.2) is 15.8 Å². The number of nitrogens with one attached hydrogen (secondary N) is 2. The van der Waals surface area contributed by atoms with Crippen LogP contribution in [0.4, 0.5) is 5.69 Å². The van der Waals surface area contributed by atoms with Gasteiger partial charge in [-0.25, -0.2) is 13.4 Å². The number of sulfone groups is 1. The number of thioether (sulfide) groups is 1. The number of ether oxygens (including phenoxy) is 1. The lowest BCUT2D eigenvalue weighted by Gasteiger charge is -2.07. The first-order valence-electron chi connectivity index (χ1n) is 9.23. The summed E-state index contributed by atoms with van der Waals surface area (Å²) in [5.41, 5.74) is 0.0914. The van der Waals surface area contributed by atoms with Gasteiger partial charge in [0.2, 0.25) is 15.7 Å². The highest BCUT2D eigenvalue weighted by molar-refractivity contribution is 7.99. The second-order valence-electron chi connectivity index (χ2n) is 6.53. The molecule has 1 amide bonds. The quantitative estimate of drug-likeness (QED) is 0.289. The molecule has 1 aromatic heterocycles. The number of amides is 1. The number of hydrogen-bond acceptors (Lipinski definition) is 8. The normalized spacial score (nSPS) is 11.1. The van der Waals surface area contributed by atoms with E-state index in [1.165, 1.54) is 38.3 Å². The molecular weight excluding hydrogens is 454 g/mol. The summed E-state index contributed by atoms with van der Waals surface area (Å²) in [6.07, 6.45) is 0.967. The lowest BCUT2D eigenvalue weighted by atomic mass is 10.1. The number of carbonyl (C=O) groups excluding carboxylic acids is 2. The SMILES string of the molecule is COc1ccc(S(=O)(=O)c2cnc(SCC(=O)Nc3cccc(C(C)=O)c3)[nH]c2=O)cc1. The molecule has 166 valence electrons. The van der Waals surface area contributed by atoms with Crippen molar-refractivity contribution in [1.82, 2.24) is 9.97 Å². The van der Waals surface area contributed by atoms with Crippen LogP contribution in [0.15, 0.2) is 74.5 Å². The van der Waals surface area contributed by atoms with E-state index in [1.54, 1.807) is 24.3 Å². The van der Waals surface area contributed by atoms with Crippen LogP contribution in [0.25, 0.3) is 0 Å². The lowest BCUT2D eigenvalue weighted by Crippen LogP contribution is -2.20. The summed E-state index contributed by atoms with van der Waals surface area (Å²) in [6.45, 7) is 1.43. The van der Waals surface area contributed by atoms with Crippen LogP contribution in [0.2, 0.25) is 0 Å². The Morgan fingerprint density at radius 2 is 1.88 bits per heavy atom. The molecule has 0 bridgehead atoms. The molecule has 2 N–H and O–H groups in total. The molecule has 3 aromatic rings. The van der Waals surface area contributed by atoms with Crippen LogP contribution in [0.1, 0.15) is 17.3 Å². The molecule has 0 radical (unpaired) electrons. The van der Waals surface area contributed by atoms with Gasteiger partial charge in [0.05, 0.1) is 24.0 Å². The number of nitrogens with zero attached hydrogens (tertiary/aromatic N) is 1. The van der Waals surface area contributed by atoms with Gasteiger partial charge in [0.25, 0.3) is 5.56 Å². The fraction of sp³-hybridized carbons (Fsp3) is 0.143. The number of methoxy groups -OCH3 is 1. The number of carbonyl (C=O) groups is 2. The van der Waals surface area contributed by atoms with Gasteiger partial charge in [0.1, 0.15) is 5.75 Å². The zero-order chi connectivity index (χ0) is 23.3. The summed E-state index contributed by atoms with van der Waals surface area (Å²) in [5, 5.41) is 2.74. The molecule has 3 rings (SSSR count). The maximum Gasteiger partial charge on any atom is 0.270 e. The molecule has 0 saturated heterocycles. The van der Waals surface area contributed by atoms with E-state index in [0.29, 0.717) is 17.0 Å². The van der Waals surface area contributed by atoms with Crippen molar-refractivity contribution in [1.29, 1.82) is 0 Å². The van der Waals surface area contributed by atoms with E-state index < -0.39 is 20.3 Å². The summed E-state index contributed by atoms with van der Waals surface area (Å²) in [5.74, 6) is -0.109. The van der Waals surface area contributed by atoms with Gasteiger partial charge in [0, 0.05) is 11.3 Å². The molecule has 0 atom stereocenters. The van der Waals surface area contributed by atoms with Crippen LogP contribution in [-0.4, -0.2) is 42.9 Å². The fourth-order valence-corrected chi connectivity index (χ4v) is 4.53. The third-order valence-corrected chi connectivity index (χ3v) is 6.95. The zero-order valence-corrected chi connectivity index (χ0v) is 18.7. The van der Waals surface area contributed by atoms with Crippen molar-refractivity contribution in [2.45, 2.75) is 21.9 Å². The second-order valence-corrected chi connectivity index (χ2v) is 9.42. The van der Waals surface area contributed by atoms with Gasteiger partial charge < -0.3 is 15.0 Å². The summed E-state index contributed by atoms with van der Waals surface area (Å²) < 4.78 is 30.4. The minimum Gasteiger partial charge on any atom is -0.497 e. The number of rotatable bonds is 8. The van der Waals surface area contributed by atoms with Crippen molar-refractivity contribution in [3.63, 3.8) is 0 Å². The Kier molecular flexibility index (Phi) is 7.11. The summed E-state index contributed by atoms with van der Waals surface area (Å²) >= 11 is 0.936. The molecule has 1 heterocycles. The van der Waals surface area contributed by atoms with Gasteiger partial charge in [-0.1, -0.05) is 23.9 Å². The number of Topliss-reactive ketones (excluding diaryl/α,β-unsaturated/α-hetero) is 1. The standard InChI is InChI=1S/C21H19N3O6S2/c1-13(25)14-4-3-5-15(10-14)23-19(26)12-31-21-22-11-18(20(27)24-21)32(28,29)17-8-6-16(30-2)7-9-17/h3-11H,12H2,1-2H3,(H,23,26)(H,22,24,27). The molecule has 0 aliphatic heterocycles. The van der Waals surface area contributed by atoms with Crippen LogP contribution in [-0.2, 0) is 14.6 Å². The predicted molar refractivity (Wildman–Crippen MR) is 119 cm³/mol. The predicted octanol–water partition coefficient (Wildman–Crippen LogP) is 2.54. The molecule has 11 heteroatoms. The molecule has 0 unspecified atom stereocenters. The molecule has 0 spiro atoms. The van der Waals surface area contributed by atoms with Crippen LogP contribution in [0.5, 0.6) is 5.75 Å². The van der Waals surface area contributed by atoms with E-state index in [2.05, 4.69) is 15.3 Å². The number of aromatic nitrogens is 2. The third-order valence-electron chi connectivity index (χ3n) is 4.30. The molecular formula is C21H19N3O6S2. The molecule has 0 fully saturated rings. The average Bonchev–Trinajstić information content (AvgIpc) is 2.77. The topological polar surface area (TPSA) is 135 Å². The van der Waals surface area contributed by atoms with E-state index in [4.69, 9.17) is 4.74 Å². The average molecular weight is 474 g/mol. The molecule has 0 aliphatic rings. The second kappa shape index (κ2) is 9.79. The summed E-state index contributed by atoms with van der Waals surface area (Å²) in [4.78, 5) is 41.8. The Morgan fingerprint density at radius 1 is 1.16 bits per heavy atom. The summed E-state index contributed by atoms with van der Waals surface area (Å²) in [7, 11) is -2.62. The van der Waals surface area contributed by atoms with E-state index in [9.17, 15) is 22.8 Å².